The molecule has 268 valence electrons. The molecule has 0 amide bonds. The van der Waals surface area contributed by atoms with Gasteiger partial charge in [0.05, 0.1) is 5.52 Å². The van der Waals surface area contributed by atoms with E-state index >= 15 is 0 Å². The lowest BCUT2D eigenvalue weighted by atomic mass is 9.34. The van der Waals surface area contributed by atoms with Gasteiger partial charge in [0.25, 0.3) is 6.71 Å². The number of hydrogen-bond acceptors (Lipinski definition) is 1. The van der Waals surface area contributed by atoms with Crippen molar-refractivity contribution in [1.82, 2.24) is 4.57 Å². The van der Waals surface area contributed by atoms with Gasteiger partial charge in [-0.3, -0.25) is 0 Å². The number of nitrogens with zero attached hydrogens (tertiary/aromatic N) is 1. The van der Waals surface area contributed by atoms with E-state index in [-0.39, 0.29) is 12.1 Å². The molecular formula is C52H46BNO. The zero-order valence-electron chi connectivity index (χ0n) is 33.4. The van der Waals surface area contributed by atoms with Crippen molar-refractivity contribution in [2.75, 3.05) is 0 Å². The van der Waals surface area contributed by atoms with E-state index in [1.54, 1.807) is 0 Å². The average molecular weight is 712 g/mol. The first-order chi connectivity index (χ1) is 26.4. The minimum absolute atomic E-state index is 0.00516. The van der Waals surface area contributed by atoms with E-state index < -0.39 is 0 Å². The third-order valence-corrected chi connectivity index (χ3v) is 12.3. The lowest BCUT2D eigenvalue weighted by Gasteiger charge is -2.35. The van der Waals surface area contributed by atoms with Crippen LogP contribution in [0.3, 0.4) is 0 Å². The van der Waals surface area contributed by atoms with Crippen molar-refractivity contribution >= 4 is 44.9 Å². The second kappa shape index (κ2) is 11.9. The fourth-order valence-electron chi connectivity index (χ4n) is 10.1. The van der Waals surface area contributed by atoms with Gasteiger partial charge in [-0.05, 0) is 161 Å². The summed E-state index contributed by atoms with van der Waals surface area (Å²) in [5.41, 5.74) is 24.2. The summed E-state index contributed by atoms with van der Waals surface area (Å²) in [4.78, 5) is 0. The van der Waals surface area contributed by atoms with Crippen molar-refractivity contribution in [2.45, 2.75) is 67.7 Å². The van der Waals surface area contributed by atoms with Gasteiger partial charge in [-0.1, -0.05) is 111 Å². The third-order valence-electron chi connectivity index (χ3n) is 12.3. The molecule has 0 radical (unpaired) electrons. The molecule has 0 saturated heterocycles. The largest absolute Gasteiger partial charge is 0.458 e. The van der Waals surface area contributed by atoms with E-state index in [1.165, 1.54) is 111 Å². The van der Waals surface area contributed by atoms with Crippen molar-refractivity contribution in [3.8, 4) is 50.6 Å². The normalized spacial score (nSPS) is 12.9. The second-order valence-electron chi connectivity index (χ2n) is 17.4. The lowest BCUT2D eigenvalue weighted by molar-refractivity contribution is 0.486. The Morgan fingerprint density at radius 2 is 1.15 bits per heavy atom. The number of rotatable bonds is 3. The Hall–Kier alpha value is -5.80. The van der Waals surface area contributed by atoms with E-state index in [9.17, 15) is 0 Å². The van der Waals surface area contributed by atoms with Gasteiger partial charge in [0, 0.05) is 22.0 Å². The van der Waals surface area contributed by atoms with E-state index in [4.69, 9.17) is 4.74 Å². The number of aromatic nitrogens is 1. The van der Waals surface area contributed by atoms with E-state index in [0.29, 0.717) is 0 Å². The number of fused-ring (bicyclic) bond motifs is 7. The zero-order chi connectivity index (χ0) is 38.1. The van der Waals surface area contributed by atoms with Crippen LogP contribution < -0.4 is 21.1 Å². The molecule has 0 atom stereocenters. The molecule has 10 rings (SSSR count). The molecule has 2 nitrogen and oxygen atoms in total. The molecule has 0 aliphatic carbocycles. The zero-order valence-corrected chi connectivity index (χ0v) is 33.4. The van der Waals surface area contributed by atoms with Gasteiger partial charge in [0.15, 0.2) is 0 Å². The first-order valence-electron chi connectivity index (χ1n) is 19.7. The van der Waals surface area contributed by atoms with Crippen LogP contribution in [0.5, 0.6) is 11.5 Å². The fourth-order valence-corrected chi connectivity index (χ4v) is 10.1. The molecular weight excluding hydrogens is 665 g/mol. The molecule has 0 spiro atoms. The van der Waals surface area contributed by atoms with Crippen molar-refractivity contribution in [3.05, 3.63) is 154 Å². The van der Waals surface area contributed by atoms with Gasteiger partial charge in [-0.25, -0.2) is 0 Å². The van der Waals surface area contributed by atoms with Crippen molar-refractivity contribution in [3.63, 3.8) is 0 Å². The van der Waals surface area contributed by atoms with E-state index in [2.05, 4.69) is 182 Å². The van der Waals surface area contributed by atoms with Crippen LogP contribution in [0, 0.1) is 41.5 Å². The third kappa shape index (κ3) is 5.09. The Morgan fingerprint density at radius 3 is 1.80 bits per heavy atom. The fraction of sp³-hybridized carbons (Fsp3) is 0.192. The Kier molecular flexibility index (Phi) is 7.27. The maximum absolute atomic E-state index is 7.02. The molecule has 0 bridgehead atoms. The molecule has 0 N–H and O–H groups in total. The van der Waals surface area contributed by atoms with Gasteiger partial charge in [0.2, 0.25) is 0 Å². The molecule has 0 unspecified atom stereocenters. The SMILES string of the molecule is Cc1cc(C)c(-c2ccc3c(c2)c2cc(-c4c(C)cc(C)cc4C)cc4c2n3-c2cc(-c3ccccc3)cc3c2B4c2cc(C(C)(C)C)ccc2O3)c(C)c1. The van der Waals surface area contributed by atoms with Crippen LogP contribution in [0.2, 0.25) is 0 Å². The highest BCUT2D eigenvalue weighted by atomic mass is 16.5. The number of benzene rings is 7. The summed E-state index contributed by atoms with van der Waals surface area (Å²) in [6.45, 7) is 20.4. The Morgan fingerprint density at radius 1 is 0.509 bits per heavy atom. The van der Waals surface area contributed by atoms with Crippen LogP contribution in [0.1, 0.15) is 59.7 Å². The van der Waals surface area contributed by atoms with Crippen LogP contribution in [0.25, 0.3) is 60.9 Å². The summed E-state index contributed by atoms with van der Waals surface area (Å²) in [5, 5.41) is 2.57. The van der Waals surface area contributed by atoms with E-state index in [0.717, 1.165) is 17.1 Å². The van der Waals surface area contributed by atoms with Crippen LogP contribution >= 0.6 is 0 Å². The molecule has 8 aromatic rings. The van der Waals surface area contributed by atoms with Crippen molar-refractivity contribution in [2.24, 2.45) is 0 Å². The standard InChI is InChI=1S/C52H46BNO/c1-29-19-31(3)48(32(4)20-29)36-15-17-44-40(23-36)41-24-38(49-33(5)21-30(2)22-34(49)6)25-43-51(41)54(44)45-26-37(35-13-11-10-12-14-35)27-47-50(45)53(43)42-28-39(52(7,8)9)16-18-46(42)55-47/h10-28H,1-9H3. The monoisotopic (exact) mass is 711 g/mol. The number of aryl methyl sites for hydroxylation is 6. The maximum atomic E-state index is 7.02. The van der Waals surface area contributed by atoms with E-state index in [1.807, 2.05) is 0 Å². The summed E-state index contributed by atoms with van der Waals surface area (Å²) >= 11 is 0. The second-order valence-corrected chi connectivity index (χ2v) is 17.4. The average Bonchev–Trinajstić information content (AvgIpc) is 3.46. The molecule has 3 heteroatoms. The number of ether oxygens (including phenoxy) is 1. The first-order valence-corrected chi connectivity index (χ1v) is 19.7. The molecule has 55 heavy (non-hydrogen) atoms. The Balaban J connectivity index is 1.37. The quantitative estimate of drug-likeness (QED) is 0.166. The topological polar surface area (TPSA) is 14.2 Å². The summed E-state index contributed by atoms with van der Waals surface area (Å²) < 4.78 is 9.58. The molecule has 2 aliphatic rings. The Bertz CT molecular complexity index is 2890. The molecule has 7 aromatic carbocycles. The van der Waals surface area contributed by atoms with Crippen LogP contribution in [-0.2, 0) is 5.41 Å². The summed E-state index contributed by atoms with van der Waals surface area (Å²) in [7, 11) is 0. The predicted octanol–water partition coefficient (Wildman–Crippen LogP) is 11.9. The molecule has 2 aliphatic heterocycles. The Labute approximate surface area is 325 Å². The maximum Gasteiger partial charge on any atom is 0.256 e. The molecule has 0 fully saturated rings. The predicted molar refractivity (Wildman–Crippen MR) is 235 cm³/mol. The lowest BCUT2D eigenvalue weighted by Crippen LogP contribution is -2.58. The summed E-state index contributed by atoms with van der Waals surface area (Å²) in [6.07, 6.45) is 0. The highest BCUT2D eigenvalue weighted by molar-refractivity contribution is 6.99. The van der Waals surface area contributed by atoms with Crippen LogP contribution in [0.15, 0.2) is 115 Å². The van der Waals surface area contributed by atoms with Crippen LogP contribution in [0.4, 0.5) is 0 Å². The van der Waals surface area contributed by atoms with Gasteiger partial charge < -0.3 is 9.30 Å². The molecule has 0 saturated carbocycles. The summed E-state index contributed by atoms with van der Waals surface area (Å²) in [6, 6.07) is 43.8. The number of hydrogen-bond donors (Lipinski definition) is 0. The van der Waals surface area contributed by atoms with Gasteiger partial charge in [-0.15, -0.1) is 0 Å². The molecule has 3 heterocycles. The highest BCUT2D eigenvalue weighted by Crippen LogP contribution is 2.43. The molecule has 1 aromatic heterocycles. The smallest absolute Gasteiger partial charge is 0.256 e. The van der Waals surface area contributed by atoms with Crippen molar-refractivity contribution < 1.29 is 4.74 Å². The van der Waals surface area contributed by atoms with Crippen molar-refractivity contribution in [1.29, 1.82) is 0 Å². The summed E-state index contributed by atoms with van der Waals surface area (Å²) in [5.74, 6) is 1.88. The van der Waals surface area contributed by atoms with Gasteiger partial charge in [-0.2, -0.15) is 0 Å². The van der Waals surface area contributed by atoms with Crippen LogP contribution in [-0.4, -0.2) is 11.3 Å². The van der Waals surface area contributed by atoms with Gasteiger partial charge >= 0.3 is 0 Å². The minimum Gasteiger partial charge on any atom is -0.458 e. The highest BCUT2D eigenvalue weighted by Gasteiger charge is 2.42. The van der Waals surface area contributed by atoms with Gasteiger partial charge in [0.1, 0.15) is 11.5 Å². The first kappa shape index (κ1) is 33.7. The minimum atomic E-state index is -0.00516.